The zero-order chi connectivity index (χ0) is 23.5. The van der Waals surface area contributed by atoms with Crippen LogP contribution in [0.2, 0.25) is 0 Å². The van der Waals surface area contributed by atoms with Crippen LogP contribution < -0.4 is 15.9 Å². The standard InChI is InChI=1S/C34H25P/c1-4-14-27(15-5-1)31-23-13-25-33(34(31)32-24-12-17-26-16-10-11-22-30(26)32)35(28-18-6-2-7-19-28)29-20-8-3-9-21-29/h1-25H. The number of hydrogen-bond donors (Lipinski definition) is 0. The molecule has 0 bridgehead atoms. The first-order valence-electron chi connectivity index (χ1n) is 12.0. The summed E-state index contributed by atoms with van der Waals surface area (Å²) >= 11 is 0. The Morgan fingerprint density at radius 2 is 0.886 bits per heavy atom. The van der Waals surface area contributed by atoms with Crippen LogP contribution >= 0.6 is 7.92 Å². The van der Waals surface area contributed by atoms with Gasteiger partial charge in [-0.25, -0.2) is 0 Å². The SMILES string of the molecule is c1ccc(-c2cccc(P(c3ccccc3)c3ccccc3)c2-c2cccc3ccccc23)cc1. The van der Waals surface area contributed by atoms with Crippen LogP contribution in [0.3, 0.4) is 0 Å². The lowest BCUT2D eigenvalue weighted by atomic mass is 9.91. The van der Waals surface area contributed by atoms with Crippen molar-refractivity contribution in [1.82, 2.24) is 0 Å². The van der Waals surface area contributed by atoms with Gasteiger partial charge < -0.3 is 0 Å². The van der Waals surface area contributed by atoms with Gasteiger partial charge in [0.05, 0.1) is 0 Å². The first-order valence-corrected chi connectivity index (χ1v) is 13.3. The molecule has 0 aliphatic carbocycles. The summed E-state index contributed by atoms with van der Waals surface area (Å²) in [6, 6.07) is 55.0. The maximum absolute atomic E-state index is 2.34. The zero-order valence-electron chi connectivity index (χ0n) is 19.4. The summed E-state index contributed by atoms with van der Waals surface area (Å²) in [5, 5.41) is 6.66. The molecule has 0 saturated carbocycles. The molecule has 6 rings (SSSR count). The highest BCUT2D eigenvalue weighted by Gasteiger charge is 2.23. The molecule has 0 atom stereocenters. The minimum absolute atomic E-state index is 0.752. The van der Waals surface area contributed by atoms with Gasteiger partial charge in [0.2, 0.25) is 0 Å². The molecular weight excluding hydrogens is 439 g/mol. The molecule has 0 saturated heterocycles. The van der Waals surface area contributed by atoms with E-state index in [1.165, 1.54) is 48.9 Å². The molecule has 0 heterocycles. The number of fused-ring (bicyclic) bond motifs is 1. The second-order valence-electron chi connectivity index (χ2n) is 8.60. The monoisotopic (exact) mass is 464 g/mol. The molecule has 1 heteroatoms. The highest BCUT2D eigenvalue weighted by Crippen LogP contribution is 2.43. The average molecular weight is 465 g/mol. The van der Waals surface area contributed by atoms with Gasteiger partial charge in [-0.3, -0.25) is 0 Å². The Morgan fingerprint density at radius 1 is 0.371 bits per heavy atom. The summed E-state index contributed by atoms with van der Waals surface area (Å²) in [7, 11) is -0.752. The third-order valence-electron chi connectivity index (χ3n) is 6.46. The van der Waals surface area contributed by atoms with Crippen LogP contribution in [0.1, 0.15) is 0 Å². The highest BCUT2D eigenvalue weighted by molar-refractivity contribution is 7.80. The van der Waals surface area contributed by atoms with Crippen LogP contribution in [0.25, 0.3) is 33.0 Å². The summed E-state index contributed by atoms with van der Waals surface area (Å²) in [6.07, 6.45) is 0. The second-order valence-corrected chi connectivity index (χ2v) is 10.8. The summed E-state index contributed by atoms with van der Waals surface area (Å²) in [6.45, 7) is 0. The van der Waals surface area contributed by atoms with Crippen LogP contribution in [-0.4, -0.2) is 0 Å². The van der Waals surface area contributed by atoms with Crippen LogP contribution in [0.15, 0.2) is 152 Å². The minimum Gasteiger partial charge on any atom is -0.0622 e. The fourth-order valence-corrected chi connectivity index (χ4v) is 7.39. The Balaban J connectivity index is 1.71. The van der Waals surface area contributed by atoms with E-state index in [2.05, 4.69) is 152 Å². The van der Waals surface area contributed by atoms with Crippen LogP contribution in [0, 0.1) is 0 Å². The van der Waals surface area contributed by atoms with E-state index in [0.29, 0.717) is 0 Å². The first kappa shape index (κ1) is 21.5. The number of rotatable bonds is 5. The lowest BCUT2D eigenvalue weighted by molar-refractivity contribution is 1.62. The molecule has 0 aliphatic heterocycles. The van der Waals surface area contributed by atoms with E-state index in [-0.39, 0.29) is 0 Å². The molecule has 35 heavy (non-hydrogen) atoms. The molecular formula is C34H25P. The van der Waals surface area contributed by atoms with Gasteiger partial charge in [-0.15, -0.1) is 0 Å². The Morgan fingerprint density at radius 3 is 1.57 bits per heavy atom. The molecule has 0 fully saturated rings. The van der Waals surface area contributed by atoms with Gasteiger partial charge in [0.25, 0.3) is 0 Å². The maximum Gasteiger partial charge on any atom is -0.00155 e. The van der Waals surface area contributed by atoms with E-state index >= 15 is 0 Å². The van der Waals surface area contributed by atoms with Crippen LogP contribution in [0.5, 0.6) is 0 Å². The predicted molar refractivity (Wildman–Crippen MR) is 154 cm³/mol. The largest absolute Gasteiger partial charge is 0.0622 e. The molecule has 0 N–H and O–H groups in total. The van der Waals surface area contributed by atoms with Crippen LogP contribution in [0.4, 0.5) is 0 Å². The van der Waals surface area contributed by atoms with E-state index < -0.39 is 7.92 Å². The van der Waals surface area contributed by atoms with E-state index in [1.807, 2.05) is 0 Å². The molecule has 0 amide bonds. The summed E-state index contributed by atoms with van der Waals surface area (Å²) in [5.74, 6) is 0. The fourth-order valence-electron chi connectivity index (χ4n) is 4.89. The third-order valence-corrected chi connectivity index (χ3v) is 8.94. The van der Waals surface area contributed by atoms with Crippen molar-refractivity contribution in [3.05, 3.63) is 152 Å². The van der Waals surface area contributed by atoms with Gasteiger partial charge in [0.1, 0.15) is 0 Å². The average Bonchev–Trinajstić information content (AvgIpc) is 2.94. The lowest BCUT2D eigenvalue weighted by Crippen LogP contribution is -2.22. The van der Waals surface area contributed by atoms with Crippen molar-refractivity contribution < 1.29 is 0 Å². The Bertz CT molecular complexity index is 1530. The smallest absolute Gasteiger partial charge is 0.00155 e. The quantitative estimate of drug-likeness (QED) is 0.227. The topological polar surface area (TPSA) is 0 Å². The van der Waals surface area contributed by atoms with Crippen molar-refractivity contribution in [1.29, 1.82) is 0 Å². The van der Waals surface area contributed by atoms with Crippen molar-refractivity contribution in [3.8, 4) is 22.3 Å². The summed E-state index contributed by atoms with van der Waals surface area (Å²) in [4.78, 5) is 0. The van der Waals surface area contributed by atoms with Gasteiger partial charge in [-0.05, 0) is 56.9 Å². The van der Waals surface area contributed by atoms with Gasteiger partial charge in [0.15, 0.2) is 0 Å². The molecule has 166 valence electrons. The third kappa shape index (κ3) is 4.18. The van der Waals surface area contributed by atoms with E-state index in [4.69, 9.17) is 0 Å². The fraction of sp³-hybridized carbons (Fsp3) is 0. The van der Waals surface area contributed by atoms with Gasteiger partial charge in [0, 0.05) is 0 Å². The molecule has 0 radical (unpaired) electrons. The summed E-state index contributed by atoms with van der Waals surface area (Å²) in [5.41, 5.74) is 5.14. The Labute approximate surface area is 208 Å². The van der Waals surface area contributed by atoms with Crippen molar-refractivity contribution in [2.75, 3.05) is 0 Å². The van der Waals surface area contributed by atoms with Gasteiger partial charge in [-0.1, -0.05) is 152 Å². The number of hydrogen-bond acceptors (Lipinski definition) is 0. The molecule has 0 spiro atoms. The Hall–Kier alpha value is -3.99. The first-order chi connectivity index (χ1) is 17.4. The second kappa shape index (κ2) is 9.71. The normalized spacial score (nSPS) is 11.1. The molecule has 6 aromatic carbocycles. The van der Waals surface area contributed by atoms with Crippen molar-refractivity contribution in [2.45, 2.75) is 0 Å². The zero-order valence-corrected chi connectivity index (χ0v) is 20.3. The van der Waals surface area contributed by atoms with Crippen molar-refractivity contribution in [3.63, 3.8) is 0 Å². The van der Waals surface area contributed by atoms with E-state index in [1.54, 1.807) is 0 Å². The molecule has 6 aromatic rings. The van der Waals surface area contributed by atoms with Crippen molar-refractivity contribution in [2.24, 2.45) is 0 Å². The van der Waals surface area contributed by atoms with Gasteiger partial charge >= 0.3 is 0 Å². The number of benzene rings is 6. The minimum atomic E-state index is -0.752. The lowest BCUT2D eigenvalue weighted by Gasteiger charge is -2.25. The van der Waals surface area contributed by atoms with E-state index in [0.717, 1.165) is 0 Å². The van der Waals surface area contributed by atoms with E-state index in [9.17, 15) is 0 Å². The summed E-state index contributed by atoms with van der Waals surface area (Å²) < 4.78 is 0. The van der Waals surface area contributed by atoms with Crippen molar-refractivity contribution >= 4 is 34.6 Å². The molecule has 0 nitrogen and oxygen atoms in total. The van der Waals surface area contributed by atoms with Crippen LogP contribution in [-0.2, 0) is 0 Å². The molecule has 0 aromatic heterocycles. The molecule has 0 aliphatic rings. The Kier molecular flexibility index (Phi) is 5.97. The predicted octanol–water partition coefficient (Wildman–Crippen LogP) is 7.93. The molecule has 0 unspecified atom stereocenters. The highest BCUT2D eigenvalue weighted by atomic mass is 31.1. The maximum atomic E-state index is 2.34. The van der Waals surface area contributed by atoms with Gasteiger partial charge in [-0.2, -0.15) is 0 Å².